The number of hydrogen-bond donors (Lipinski definition) is 1. The molecule has 5 rings (SSSR count). The maximum absolute atomic E-state index is 13.5. The van der Waals surface area contributed by atoms with Gasteiger partial charge in [0, 0.05) is 11.8 Å². The number of carbonyl (C=O) groups excluding carboxylic acids is 2. The van der Waals surface area contributed by atoms with Gasteiger partial charge in [0.2, 0.25) is 6.79 Å². The lowest BCUT2D eigenvalue weighted by Crippen LogP contribution is -2.29. The second kappa shape index (κ2) is 9.30. The maximum Gasteiger partial charge on any atom is 0.300 e. The van der Waals surface area contributed by atoms with Crippen molar-refractivity contribution in [3.8, 4) is 23.0 Å². The molecule has 1 fully saturated rings. The number of benzene rings is 3. The molecule has 2 aliphatic rings. The first-order valence-electron chi connectivity index (χ1n) is 11.5. The molecular formula is C28H25NO7. The number of ether oxygens (including phenoxy) is 4. The van der Waals surface area contributed by atoms with E-state index in [1.54, 1.807) is 54.6 Å². The van der Waals surface area contributed by atoms with Crippen LogP contribution in [-0.4, -0.2) is 37.3 Å². The van der Waals surface area contributed by atoms with Crippen molar-refractivity contribution in [1.29, 1.82) is 0 Å². The number of rotatable bonds is 6. The molecule has 3 aromatic carbocycles. The van der Waals surface area contributed by atoms with Gasteiger partial charge in [0.15, 0.2) is 11.5 Å². The Labute approximate surface area is 208 Å². The number of fused-ring (bicyclic) bond motifs is 1. The fraction of sp³-hybridized carbons (Fsp3) is 0.214. The number of anilines is 1. The molecule has 0 saturated carbocycles. The number of amides is 1. The van der Waals surface area contributed by atoms with E-state index in [0.717, 1.165) is 5.56 Å². The number of aliphatic hydroxyl groups is 1. The highest BCUT2D eigenvalue weighted by Gasteiger charge is 2.47. The first-order chi connectivity index (χ1) is 17.4. The minimum Gasteiger partial charge on any atom is -0.507 e. The van der Waals surface area contributed by atoms with E-state index < -0.39 is 17.7 Å². The lowest BCUT2D eigenvalue weighted by atomic mass is 9.94. The van der Waals surface area contributed by atoms with Crippen LogP contribution in [0.3, 0.4) is 0 Å². The number of hydrogen-bond acceptors (Lipinski definition) is 7. The molecule has 2 heterocycles. The second-order valence-corrected chi connectivity index (χ2v) is 8.42. The molecule has 0 aromatic heterocycles. The average molecular weight is 488 g/mol. The largest absolute Gasteiger partial charge is 0.507 e. The van der Waals surface area contributed by atoms with E-state index in [0.29, 0.717) is 46.4 Å². The zero-order valence-electron chi connectivity index (χ0n) is 20.1. The Morgan fingerprint density at radius 2 is 1.86 bits per heavy atom. The van der Waals surface area contributed by atoms with Crippen LogP contribution >= 0.6 is 0 Å². The molecule has 8 nitrogen and oxygen atoms in total. The van der Waals surface area contributed by atoms with Gasteiger partial charge in [-0.3, -0.25) is 14.5 Å². The third-order valence-electron chi connectivity index (χ3n) is 6.17. The lowest BCUT2D eigenvalue weighted by Gasteiger charge is -2.26. The Balaban J connectivity index is 1.74. The number of carbonyl (C=O) groups is 2. The first kappa shape index (κ1) is 23.3. The number of Topliss-reactive ketones (excluding diaryl/α,β-unsaturated/α-hetero) is 1. The molecule has 3 aromatic rings. The minimum atomic E-state index is -0.920. The highest BCUT2D eigenvalue weighted by molar-refractivity contribution is 6.51. The first-order valence-corrected chi connectivity index (χ1v) is 11.5. The van der Waals surface area contributed by atoms with Crippen molar-refractivity contribution < 1.29 is 33.6 Å². The molecule has 0 bridgehead atoms. The van der Waals surface area contributed by atoms with Crippen LogP contribution in [0.1, 0.15) is 29.7 Å². The second-order valence-electron chi connectivity index (χ2n) is 8.42. The van der Waals surface area contributed by atoms with Crippen molar-refractivity contribution in [3.05, 3.63) is 82.9 Å². The summed E-state index contributed by atoms with van der Waals surface area (Å²) in [6.45, 7) is 4.26. The molecule has 184 valence electrons. The predicted molar refractivity (Wildman–Crippen MR) is 133 cm³/mol. The summed E-state index contributed by atoms with van der Waals surface area (Å²) >= 11 is 0. The highest BCUT2D eigenvalue weighted by Crippen LogP contribution is 2.46. The molecule has 1 unspecified atom stereocenters. The minimum absolute atomic E-state index is 0.0461. The van der Waals surface area contributed by atoms with Gasteiger partial charge in [-0.25, -0.2) is 0 Å². The Morgan fingerprint density at radius 3 is 2.64 bits per heavy atom. The molecule has 1 saturated heterocycles. The third kappa shape index (κ3) is 3.90. The molecule has 0 aliphatic carbocycles. The third-order valence-corrected chi connectivity index (χ3v) is 6.17. The molecule has 8 heteroatoms. The SMILES string of the molecule is CCOc1cccc(C2/C(=C(\O)c3cc(C)ccc3OC)C(=O)C(=O)N2c2ccc3c(c2)OCO3)c1. The summed E-state index contributed by atoms with van der Waals surface area (Å²) in [6, 6.07) is 16.5. The van der Waals surface area contributed by atoms with Crippen molar-refractivity contribution in [1.82, 2.24) is 0 Å². The van der Waals surface area contributed by atoms with Gasteiger partial charge in [0.1, 0.15) is 17.3 Å². The van der Waals surface area contributed by atoms with Crippen molar-refractivity contribution >= 4 is 23.1 Å². The number of methoxy groups -OCH3 is 1. The fourth-order valence-corrected chi connectivity index (χ4v) is 4.54. The molecule has 2 aliphatic heterocycles. The smallest absolute Gasteiger partial charge is 0.300 e. The van der Waals surface area contributed by atoms with Crippen molar-refractivity contribution in [2.75, 3.05) is 25.4 Å². The monoisotopic (exact) mass is 487 g/mol. The quantitative estimate of drug-likeness (QED) is 0.304. The number of aryl methyl sites for hydroxylation is 1. The number of ketones is 1. The van der Waals surface area contributed by atoms with E-state index in [4.69, 9.17) is 18.9 Å². The normalized spacial score (nSPS) is 18.0. The molecule has 36 heavy (non-hydrogen) atoms. The Kier molecular flexibility index (Phi) is 6.01. The van der Waals surface area contributed by atoms with Gasteiger partial charge < -0.3 is 24.1 Å². The molecule has 0 radical (unpaired) electrons. The van der Waals surface area contributed by atoms with Gasteiger partial charge >= 0.3 is 0 Å². The van der Waals surface area contributed by atoms with Crippen molar-refractivity contribution in [3.63, 3.8) is 0 Å². The molecule has 1 atom stereocenters. The summed E-state index contributed by atoms with van der Waals surface area (Å²) in [6.07, 6.45) is 0. The van der Waals surface area contributed by atoms with E-state index in [2.05, 4.69) is 0 Å². The Hall–Kier alpha value is -4.46. The van der Waals surface area contributed by atoms with Crippen LogP contribution in [0.15, 0.2) is 66.2 Å². The summed E-state index contributed by atoms with van der Waals surface area (Å²) in [5, 5.41) is 11.5. The van der Waals surface area contributed by atoms with Gasteiger partial charge in [0.05, 0.1) is 30.9 Å². The summed E-state index contributed by atoms with van der Waals surface area (Å²) in [4.78, 5) is 28.3. The zero-order valence-corrected chi connectivity index (χ0v) is 20.1. The molecule has 1 amide bonds. The van der Waals surface area contributed by atoms with Crippen molar-refractivity contribution in [2.24, 2.45) is 0 Å². The van der Waals surface area contributed by atoms with Crippen LogP contribution in [0, 0.1) is 6.92 Å². The van der Waals surface area contributed by atoms with Gasteiger partial charge in [-0.1, -0.05) is 23.8 Å². The number of aliphatic hydroxyl groups excluding tert-OH is 1. The maximum atomic E-state index is 13.5. The van der Waals surface area contributed by atoms with Crippen LogP contribution in [0.4, 0.5) is 5.69 Å². The van der Waals surface area contributed by atoms with Gasteiger partial charge in [-0.2, -0.15) is 0 Å². The van der Waals surface area contributed by atoms with Gasteiger partial charge in [-0.05, 0) is 55.8 Å². The lowest BCUT2D eigenvalue weighted by molar-refractivity contribution is -0.132. The zero-order chi connectivity index (χ0) is 25.4. The van der Waals surface area contributed by atoms with E-state index in [9.17, 15) is 14.7 Å². The van der Waals surface area contributed by atoms with E-state index in [1.807, 2.05) is 19.9 Å². The van der Waals surface area contributed by atoms with E-state index in [-0.39, 0.29) is 18.1 Å². The van der Waals surface area contributed by atoms with Crippen LogP contribution < -0.4 is 23.8 Å². The summed E-state index contributed by atoms with van der Waals surface area (Å²) < 4.78 is 22.0. The van der Waals surface area contributed by atoms with Crippen molar-refractivity contribution in [2.45, 2.75) is 19.9 Å². The van der Waals surface area contributed by atoms with Gasteiger partial charge in [0.25, 0.3) is 11.7 Å². The van der Waals surface area contributed by atoms with E-state index in [1.165, 1.54) is 12.0 Å². The van der Waals surface area contributed by atoms with E-state index >= 15 is 0 Å². The molecular weight excluding hydrogens is 462 g/mol. The van der Waals surface area contributed by atoms with Crippen LogP contribution in [-0.2, 0) is 9.59 Å². The summed E-state index contributed by atoms with van der Waals surface area (Å²) in [5.74, 6) is 0.0956. The summed E-state index contributed by atoms with van der Waals surface area (Å²) in [5.41, 5.74) is 2.18. The fourth-order valence-electron chi connectivity index (χ4n) is 4.54. The Morgan fingerprint density at radius 1 is 1.06 bits per heavy atom. The number of nitrogens with zero attached hydrogens (tertiary/aromatic N) is 1. The van der Waals surface area contributed by atoms with Gasteiger partial charge in [-0.15, -0.1) is 0 Å². The topological polar surface area (TPSA) is 94.5 Å². The summed E-state index contributed by atoms with van der Waals surface area (Å²) in [7, 11) is 1.48. The van der Waals surface area contributed by atoms with Crippen LogP contribution in [0.5, 0.6) is 23.0 Å². The Bertz CT molecular complexity index is 1390. The van der Waals surface area contributed by atoms with Crippen LogP contribution in [0.2, 0.25) is 0 Å². The standard InChI is InChI=1S/C28H25NO7/c1-4-34-19-7-5-6-17(13-19)25-24(26(30)20-12-16(2)8-10-21(20)33-3)27(31)28(32)29(25)18-9-11-22-23(14-18)36-15-35-22/h5-14,25,30H,4,15H2,1-3H3/b26-24+. The van der Waals surface area contributed by atoms with Crippen LogP contribution in [0.25, 0.3) is 5.76 Å². The molecule has 0 spiro atoms. The average Bonchev–Trinajstić information content (AvgIpc) is 3.46. The highest BCUT2D eigenvalue weighted by atomic mass is 16.7. The molecule has 1 N–H and O–H groups in total. The predicted octanol–water partition coefficient (Wildman–Crippen LogP) is 4.76.